The van der Waals surface area contributed by atoms with Crippen molar-refractivity contribution in [3.8, 4) is 11.1 Å². The molecule has 2 N–H and O–H groups in total. The highest BCUT2D eigenvalue weighted by molar-refractivity contribution is 5.95. The second-order valence-corrected chi connectivity index (χ2v) is 10.6. The molecule has 0 aliphatic heterocycles. The maximum Gasteiger partial charge on any atom is 0.408 e. The van der Waals surface area contributed by atoms with Gasteiger partial charge in [0.1, 0.15) is 5.82 Å². The Morgan fingerprint density at radius 1 is 1.09 bits per heavy atom. The summed E-state index contributed by atoms with van der Waals surface area (Å²) in [6.07, 6.45) is 1.85. The molecule has 8 heteroatoms. The van der Waals surface area contributed by atoms with Gasteiger partial charge in [0.25, 0.3) is 5.91 Å². The molecule has 1 aromatic carbocycles. The average Bonchev–Trinajstić information content (AvgIpc) is 2.76. The van der Waals surface area contributed by atoms with Crippen molar-refractivity contribution < 1.29 is 18.7 Å². The van der Waals surface area contributed by atoms with Gasteiger partial charge in [-0.25, -0.2) is 9.18 Å². The van der Waals surface area contributed by atoms with Crippen LogP contribution in [0.3, 0.4) is 0 Å². The van der Waals surface area contributed by atoms with E-state index in [1.54, 1.807) is 32.2 Å². The standard InChI is InChI=1S/C27H36FN3O4/c1-16-7-9-18(10-8-16)24(35-26(34)30-27(3,4)5)25(33)29-19-11-12-21(22(28)15-19)20-13-14-23(32)31(6)17(20)2/h11-16,18,24H,7-10H2,1-6H3,(H,29,33)(H,30,34). The monoisotopic (exact) mass is 485 g/mol. The molecule has 1 atom stereocenters. The molecule has 190 valence electrons. The number of benzene rings is 1. The molecule has 0 radical (unpaired) electrons. The summed E-state index contributed by atoms with van der Waals surface area (Å²) in [5, 5.41) is 5.47. The molecule has 0 spiro atoms. The molecule has 1 saturated carbocycles. The maximum atomic E-state index is 15.1. The topological polar surface area (TPSA) is 89.4 Å². The van der Waals surface area contributed by atoms with Crippen molar-refractivity contribution in [2.24, 2.45) is 18.9 Å². The number of carbonyl (C=O) groups excluding carboxylic acids is 2. The molecular weight excluding hydrogens is 449 g/mol. The van der Waals surface area contributed by atoms with Gasteiger partial charge in [-0.2, -0.15) is 0 Å². The SMILES string of the molecule is Cc1c(-c2ccc(NC(=O)C(OC(=O)NC(C)(C)C)C3CCC(C)CC3)cc2F)ccc(=O)n1C. The summed E-state index contributed by atoms with van der Waals surface area (Å²) < 4.78 is 22.1. The zero-order chi connectivity index (χ0) is 25.9. The van der Waals surface area contributed by atoms with Crippen LogP contribution in [-0.4, -0.2) is 28.2 Å². The summed E-state index contributed by atoms with van der Waals surface area (Å²) in [7, 11) is 1.63. The van der Waals surface area contributed by atoms with Gasteiger partial charge in [0.15, 0.2) is 6.10 Å². The summed E-state index contributed by atoms with van der Waals surface area (Å²) in [6, 6.07) is 7.41. The van der Waals surface area contributed by atoms with Crippen molar-refractivity contribution in [1.29, 1.82) is 0 Å². The zero-order valence-electron chi connectivity index (χ0n) is 21.4. The Morgan fingerprint density at radius 2 is 1.71 bits per heavy atom. The van der Waals surface area contributed by atoms with E-state index < -0.39 is 29.5 Å². The molecule has 35 heavy (non-hydrogen) atoms. The first-order valence-electron chi connectivity index (χ1n) is 12.1. The molecule has 3 rings (SSSR count). The van der Waals surface area contributed by atoms with E-state index in [-0.39, 0.29) is 17.2 Å². The Kier molecular flexibility index (Phi) is 8.03. The summed E-state index contributed by atoms with van der Waals surface area (Å²) >= 11 is 0. The first-order chi connectivity index (χ1) is 16.4. The van der Waals surface area contributed by atoms with Crippen LogP contribution in [0.1, 0.15) is 59.1 Å². The fraction of sp³-hybridized carbons (Fsp3) is 0.519. The molecule has 2 aromatic rings. The Labute approximate surface area is 206 Å². The third-order valence-electron chi connectivity index (χ3n) is 6.60. The first-order valence-corrected chi connectivity index (χ1v) is 12.1. The minimum atomic E-state index is -0.974. The molecular formula is C27H36FN3O4. The van der Waals surface area contributed by atoms with Crippen LogP contribution in [0, 0.1) is 24.6 Å². The minimum absolute atomic E-state index is 0.103. The average molecular weight is 486 g/mol. The highest BCUT2D eigenvalue weighted by atomic mass is 19.1. The Hall–Kier alpha value is -3.16. The highest BCUT2D eigenvalue weighted by Crippen LogP contribution is 2.33. The lowest BCUT2D eigenvalue weighted by Gasteiger charge is -2.32. The third kappa shape index (κ3) is 6.71. The predicted octanol–water partition coefficient (Wildman–Crippen LogP) is 5.16. The fourth-order valence-corrected chi connectivity index (χ4v) is 4.45. The highest BCUT2D eigenvalue weighted by Gasteiger charge is 2.35. The molecule has 1 aliphatic carbocycles. The van der Waals surface area contributed by atoms with E-state index in [2.05, 4.69) is 17.6 Å². The van der Waals surface area contributed by atoms with E-state index in [1.165, 1.54) is 16.7 Å². The number of hydrogen-bond donors (Lipinski definition) is 2. The molecule has 0 saturated heterocycles. The molecule has 1 fully saturated rings. The summed E-state index contributed by atoms with van der Waals surface area (Å²) in [5.41, 5.74) is 1.16. The number of anilines is 1. The second-order valence-electron chi connectivity index (χ2n) is 10.6. The summed E-state index contributed by atoms with van der Waals surface area (Å²) in [6.45, 7) is 9.43. The van der Waals surface area contributed by atoms with Crippen molar-refractivity contribution in [1.82, 2.24) is 9.88 Å². The Balaban J connectivity index is 1.81. The quantitative estimate of drug-likeness (QED) is 0.612. The number of pyridine rings is 1. The van der Waals surface area contributed by atoms with Gasteiger partial charge in [0.2, 0.25) is 5.56 Å². The van der Waals surface area contributed by atoms with E-state index in [4.69, 9.17) is 4.74 Å². The third-order valence-corrected chi connectivity index (χ3v) is 6.60. The Morgan fingerprint density at radius 3 is 2.31 bits per heavy atom. The van der Waals surface area contributed by atoms with Crippen LogP contribution in [-0.2, 0) is 16.6 Å². The van der Waals surface area contributed by atoms with E-state index in [9.17, 15) is 14.4 Å². The number of aromatic nitrogens is 1. The van der Waals surface area contributed by atoms with Crippen LogP contribution in [0.25, 0.3) is 11.1 Å². The van der Waals surface area contributed by atoms with Gasteiger partial charge in [-0.05, 0) is 70.7 Å². The lowest BCUT2D eigenvalue weighted by molar-refractivity contribution is -0.127. The maximum absolute atomic E-state index is 15.1. The number of hydrogen-bond acceptors (Lipinski definition) is 4. The van der Waals surface area contributed by atoms with Crippen LogP contribution < -0.4 is 16.2 Å². The Bertz CT molecular complexity index is 1140. The van der Waals surface area contributed by atoms with Crippen LogP contribution in [0.4, 0.5) is 14.9 Å². The number of nitrogens with one attached hydrogen (secondary N) is 2. The van der Waals surface area contributed by atoms with Crippen molar-refractivity contribution >= 4 is 17.7 Å². The van der Waals surface area contributed by atoms with Crippen molar-refractivity contribution in [2.45, 2.75) is 71.9 Å². The van der Waals surface area contributed by atoms with Gasteiger partial charge < -0.3 is 19.9 Å². The van der Waals surface area contributed by atoms with Gasteiger partial charge >= 0.3 is 6.09 Å². The number of alkyl carbamates (subject to hydrolysis) is 1. The number of amides is 2. The predicted molar refractivity (Wildman–Crippen MR) is 135 cm³/mol. The van der Waals surface area contributed by atoms with E-state index >= 15 is 4.39 Å². The van der Waals surface area contributed by atoms with Crippen molar-refractivity contribution in [3.63, 3.8) is 0 Å². The molecule has 7 nitrogen and oxygen atoms in total. The molecule has 2 amide bonds. The normalized spacial score (nSPS) is 19.1. The fourth-order valence-electron chi connectivity index (χ4n) is 4.45. The molecule has 1 aliphatic rings. The minimum Gasteiger partial charge on any atom is -0.436 e. The van der Waals surface area contributed by atoms with E-state index in [0.717, 1.165) is 25.7 Å². The summed E-state index contributed by atoms with van der Waals surface area (Å²) in [4.78, 5) is 37.5. The van der Waals surface area contributed by atoms with Gasteiger partial charge in [0.05, 0.1) is 0 Å². The lowest BCUT2D eigenvalue weighted by atomic mass is 9.80. The van der Waals surface area contributed by atoms with Gasteiger partial charge in [-0.15, -0.1) is 0 Å². The van der Waals surface area contributed by atoms with Crippen molar-refractivity contribution in [2.75, 3.05) is 5.32 Å². The van der Waals surface area contributed by atoms with E-state index in [0.29, 0.717) is 22.7 Å². The van der Waals surface area contributed by atoms with Crippen LogP contribution in [0.15, 0.2) is 35.1 Å². The number of ether oxygens (including phenoxy) is 1. The second kappa shape index (κ2) is 10.6. The van der Waals surface area contributed by atoms with Gasteiger partial charge in [0, 0.05) is 47.1 Å². The van der Waals surface area contributed by atoms with Crippen molar-refractivity contribution in [3.05, 3.63) is 52.2 Å². The molecule has 1 aromatic heterocycles. The van der Waals surface area contributed by atoms with Crippen LogP contribution in [0.2, 0.25) is 0 Å². The molecule has 1 heterocycles. The van der Waals surface area contributed by atoms with Crippen LogP contribution in [0.5, 0.6) is 0 Å². The number of carbonyl (C=O) groups is 2. The van der Waals surface area contributed by atoms with Gasteiger partial charge in [-0.3, -0.25) is 9.59 Å². The smallest absolute Gasteiger partial charge is 0.408 e. The largest absolute Gasteiger partial charge is 0.436 e. The number of rotatable bonds is 5. The molecule has 1 unspecified atom stereocenters. The molecule has 0 bridgehead atoms. The van der Waals surface area contributed by atoms with E-state index in [1.807, 2.05) is 20.8 Å². The summed E-state index contributed by atoms with van der Waals surface area (Å²) in [5.74, 6) is -0.534. The van der Waals surface area contributed by atoms with Crippen LogP contribution >= 0.6 is 0 Å². The number of halogens is 1. The first kappa shape index (κ1) is 26.4. The van der Waals surface area contributed by atoms with Gasteiger partial charge in [-0.1, -0.05) is 19.8 Å². The number of nitrogens with zero attached hydrogens (tertiary/aromatic N) is 1. The zero-order valence-corrected chi connectivity index (χ0v) is 21.4. The lowest BCUT2D eigenvalue weighted by Crippen LogP contribution is -2.46.